The van der Waals surface area contributed by atoms with Gasteiger partial charge in [0, 0.05) is 5.02 Å². The Balaban J connectivity index is 2.11. The van der Waals surface area contributed by atoms with Crippen molar-refractivity contribution < 1.29 is 14.2 Å². The lowest BCUT2D eigenvalue weighted by atomic mass is 10.2. The maximum Gasteiger partial charge on any atom is 0.162 e. The van der Waals surface area contributed by atoms with Crippen LogP contribution in [-0.4, -0.2) is 32.2 Å². The minimum absolute atomic E-state index is 0.0623. The summed E-state index contributed by atoms with van der Waals surface area (Å²) in [5.41, 5.74) is 0.818. The van der Waals surface area contributed by atoms with E-state index >= 15 is 0 Å². The summed E-state index contributed by atoms with van der Waals surface area (Å²) in [6.07, 6.45) is 0. The van der Waals surface area contributed by atoms with Gasteiger partial charge in [-0.25, -0.2) is 0 Å². The van der Waals surface area contributed by atoms with Gasteiger partial charge in [-0.15, -0.1) is 0 Å². The second kappa shape index (κ2) is 5.87. The van der Waals surface area contributed by atoms with E-state index in [0.717, 1.165) is 10.2 Å². The Morgan fingerprint density at radius 1 is 1.37 bits per heavy atom. The molecule has 1 fully saturated rings. The van der Waals surface area contributed by atoms with Gasteiger partial charge >= 0.3 is 0 Å². The fourth-order valence-electron chi connectivity index (χ4n) is 1.87. The molecule has 0 spiro atoms. The number of rotatable bonds is 3. The molecular weight excluding hydrogens is 334 g/mol. The maximum atomic E-state index is 6.05. The van der Waals surface area contributed by atoms with Gasteiger partial charge in [-0.05, 0) is 41.9 Å². The van der Waals surface area contributed by atoms with Crippen molar-refractivity contribution in [2.45, 2.75) is 25.7 Å². The molecule has 1 heterocycles. The fourth-order valence-corrected chi connectivity index (χ4v) is 2.84. The molecule has 1 saturated heterocycles. The number of hydrogen-bond acceptors (Lipinski definition) is 4. The second-order valence-electron chi connectivity index (χ2n) is 4.83. The van der Waals surface area contributed by atoms with E-state index in [-0.39, 0.29) is 6.04 Å². The Morgan fingerprint density at radius 2 is 2.00 bits per heavy atom. The molecule has 106 valence electrons. The van der Waals surface area contributed by atoms with Crippen molar-refractivity contribution in [2.75, 3.05) is 25.6 Å². The maximum absolute atomic E-state index is 6.05. The van der Waals surface area contributed by atoms with E-state index in [1.807, 2.05) is 19.9 Å². The SMILES string of the molecule is COc1c(Br)cc(Cl)cc1NC1COC(C)(C)OC1. The lowest BCUT2D eigenvalue weighted by molar-refractivity contribution is -0.247. The van der Waals surface area contributed by atoms with Crippen molar-refractivity contribution in [1.29, 1.82) is 0 Å². The predicted molar refractivity (Wildman–Crippen MR) is 79.1 cm³/mol. The van der Waals surface area contributed by atoms with Crippen molar-refractivity contribution in [2.24, 2.45) is 0 Å². The van der Waals surface area contributed by atoms with E-state index in [4.69, 9.17) is 25.8 Å². The number of hydrogen-bond donors (Lipinski definition) is 1. The van der Waals surface area contributed by atoms with Gasteiger partial charge < -0.3 is 19.5 Å². The Labute approximate surface area is 126 Å². The van der Waals surface area contributed by atoms with Crippen LogP contribution < -0.4 is 10.1 Å². The molecule has 0 bridgehead atoms. The zero-order chi connectivity index (χ0) is 14.0. The first-order valence-corrected chi connectivity index (χ1v) is 7.16. The largest absolute Gasteiger partial charge is 0.493 e. The Bertz CT molecular complexity index is 457. The average molecular weight is 351 g/mol. The van der Waals surface area contributed by atoms with Crippen LogP contribution in [0.25, 0.3) is 0 Å². The zero-order valence-corrected chi connectivity index (χ0v) is 13.5. The Morgan fingerprint density at radius 3 is 2.58 bits per heavy atom. The van der Waals surface area contributed by atoms with Gasteiger partial charge in [0.05, 0.1) is 36.5 Å². The van der Waals surface area contributed by atoms with E-state index in [1.54, 1.807) is 13.2 Å². The van der Waals surface area contributed by atoms with Gasteiger partial charge in [0.25, 0.3) is 0 Å². The predicted octanol–water partition coefficient (Wildman–Crippen LogP) is 3.67. The van der Waals surface area contributed by atoms with Gasteiger partial charge in [-0.3, -0.25) is 0 Å². The second-order valence-corrected chi connectivity index (χ2v) is 6.12. The summed E-state index contributed by atoms with van der Waals surface area (Å²) in [4.78, 5) is 0. The highest BCUT2D eigenvalue weighted by Gasteiger charge is 2.28. The van der Waals surface area contributed by atoms with Gasteiger partial charge in [-0.2, -0.15) is 0 Å². The quantitative estimate of drug-likeness (QED) is 0.903. The monoisotopic (exact) mass is 349 g/mol. The van der Waals surface area contributed by atoms with Crippen molar-refractivity contribution in [1.82, 2.24) is 0 Å². The highest BCUT2D eigenvalue weighted by Crippen LogP contribution is 2.37. The number of benzene rings is 1. The molecule has 0 saturated carbocycles. The molecule has 1 aromatic carbocycles. The zero-order valence-electron chi connectivity index (χ0n) is 11.1. The molecule has 0 amide bonds. The third kappa shape index (κ3) is 3.75. The van der Waals surface area contributed by atoms with Gasteiger partial charge in [0.1, 0.15) is 0 Å². The van der Waals surface area contributed by atoms with Crippen LogP contribution in [0.2, 0.25) is 5.02 Å². The van der Waals surface area contributed by atoms with Crippen molar-refractivity contribution in [3.63, 3.8) is 0 Å². The van der Waals surface area contributed by atoms with E-state index in [0.29, 0.717) is 24.0 Å². The molecule has 0 radical (unpaired) electrons. The van der Waals surface area contributed by atoms with E-state index in [1.165, 1.54) is 0 Å². The fraction of sp³-hybridized carbons (Fsp3) is 0.538. The van der Waals surface area contributed by atoms with Crippen LogP contribution in [-0.2, 0) is 9.47 Å². The molecular formula is C13H17BrClNO3. The Kier molecular flexibility index (Phi) is 4.61. The summed E-state index contributed by atoms with van der Waals surface area (Å²) in [5.74, 6) is 0.200. The first kappa shape index (κ1) is 14.9. The van der Waals surface area contributed by atoms with Crippen molar-refractivity contribution in [3.8, 4) is 5.75 Å². The van der Waals surface area contributed by atoms with Crippen LogP contribution in [0.15, 0.2) is 16.6 Å². The molecule has 1 aliphatic rings. The van der Waals surface area contributed by atoms with E-state index in [9.17, 15) is 0 Å². The van der Waals surface area contributed by atoms with Crippen LogP contribution in [0, 0.1) is 0 Å². The third-order valence-electron chi connectivity index (χ3n) is 2.84. The average Bonchev–Trinajstić information content (AvgIpc) is 2.31. The van der Waals surface area contributed by atoms with Gasteiger partial charge in [-0.1, -0.05) is 11.6 Å². The molecule has 1 N–H and O–H groups in total. The summed E-state index contributed by atoms with van der Waals surface area (Å²) in [6, 6.07) is 3.68. The number of methoxy groups -OCH3 is 1. The van der Waals surface area contributed by atoms with E-state index in [2.05, 4.69) is 21.2 Å². The molecule has 0 aromatic heterocycles. The Hall–Kier alpha value is -0.490. The summed E-state index contributed by atoms with van der Waals surface area (Å²) in [5, 5.41) is 3.96. The summed E-state index contributed by atoms with van der Waals surface area (Å²) in [6.45, 7) is 4.94. The molecule has 1 aromatic rings. The number of ether oxygens (including phenoxy) is 3. The highest BCUT2D eigenvalue weighted by atomic mass is 79.9. The molecule has 19 heavy (non-hydrogen) atoms. The summed E-state index contributed by atoms with van der Waals surface area (Å²) >= 11 is 9.48. The molecule has 2 rings (SSSR count). The smallest absolute Gasteiger partial charge is 0.162 e. The van der Waals surface area contributed by atoms with E-state index < -0.39 is 5.79 Å². The normalized spacial score (nSPS) is 19.2. The van der Waals surface area contributed by atoms with Gasteiger partial charge in [0.2, 0.25) is 0 Å². The summed E-state index contributed by atoms with van der Waals surface area (Å²) < 4.78 is 17.4. The van der Waals surface area contributed by atoms with Crippen LogP contribution in [0.3, 0.4) is 0 Å². The topological polar surface area (TPSA) is 39.7 Å². The minimum atomic E-state index is -0.517. The van der Waals surface area contributed by atoms with Crippen molar-refractivity contribution >= 4 is 33.2 Å². The van der Waals surface area contributed by atoms with Gasteiger partial charge in [0.15, 0.2) is 11.5 Å². The number of nitrogens with one attached hydrogen (secondary N) is 1. The number of halogens is 2. The first-order chi connectivity index (χ1) is 8.91. The number of anilines is 1. The lowest BCUT2D eigenvalue weighted by Gasteiger charge is -2.35. The lowest BCUT2D eigenvalue weighted by Crippen LogP contribution is -2.45. The van der Waals surface area contributed by atoms with Crippen LogP contribution >= 0.6 is 27.5 Å². The molecule has 1 aliphatic heterocycles. The first-order valence-electron chi connectivity index (χ1n) is 5.99. The minimum Gasteiger partial charge on any atom is -0.493 e. The molecule has 6 heteroatoms. The molecule has 4 nitrogen and oxygen atoms in total. The molecule has 0 unspecified atom stereocenters. The molecule has 0 atom stereocenters. The van der Waals surface area contributed by atoms with Crippen molar-refractivity contribution in [3.05, 3.63) is 21.6 Å². The van der Waals surface area contributed by atoms with Crippen LogP contribution in [0.5, 0.6) is 5.75 Å². The standard InChI is InChI=1S/C13H17BrClNO3/c1-13(2)18-6-9(7-19-13)16-11-5-8(15)4-10(14)12(11)17-3/h4-5,9,16H,6-7H2,1-3H3. The highest BCUT2D eigenvalue weighted by molar-refractivity contribution is 9.10. The third-order valence-corrected chi connectivity index (χ3v) is 3.64. The molecule has 0 aliphatic carbocycles. The summed E-state index contributed by atoms with van der Waals surface area (Å²) in [7, 11) is 1.62. The van der Waals surface area contributed by atoms with Crippen LogP contribution in [0.4, 0.5) is 5.69 Å². The van der Waals surface area contributed by atoms with Crippen LogP contribution in [0.1, 0.15) is 13.8 Å².